The lowest BCUT2D eigenvalue weighted by Crippen LogP contribution is -2.30. The van der Waals surface area contributed by atoms with Gasteiger partial charge in [0.2, 0.25) is 0 Å². The first-order chi connectivity index (χ1) is 9.50. The second kappa shape index (κ2) is 6.25. The van der Waals surface area contributed by atoms with Gasteiger partial charge < -0.3 is 4.90 Å². The summed E-state index contributed by atoms with van der Waals surface area (Å²) in [6.45, 7) is 1.92. The summed E-state index contributed by atoms with van der Waals surface area (Å²) in [5.41, 5.74) is 1.21. The molecule has 0 aliphatic carbocycles. The molecule has 0 fully saturated rings. The molecule has 2 aromatic rings. The molecule has 0 saturated heterocycles. The summed E-state index contributed by atoms with van der Waals surface area (Å²) < 4.78 is 0. The van der Waals surface area contributed by atoms with Crippen molar-refractivity contribution in [3.05, 3.63) is 63.9 Å². The third-order valence-corrected chi connectivity index (χ3v) is 3.78. The highest BCUT2D eigenvalue weighted by Crippen LogP contribution is 2.27. The van der Waals surface area contributed by atoms with Gasteiger partial charge in [-0.3, -0.25) is 9.78 Å². The second-order valence-electron chi connectivity index (χ2n) is 4.47. The first-order valence-electron chi connectivity index (χ1n) is 6.14. The maximum Gasteiger partial charge on any atom is 0.272 e. The molecule has 3 nitrogen and oxygen atoms in total. The third-order valence-electron chi connectivity index (χ3n) is 3.20. The Morgan fingerprint density at radius 1 is 1.25 bits per heavy atom. The van der Waals surface area contributed by atoms with E-state index in [2.05, 4.69) is 4.98 Å². The van der Waals surface area contributed by atoms with Crippen LogP contribution in [0.5, 0.6) is 0 Å². The van der Waals surface area contributed by atoms with E-state index in [1.807, 2.05) is 31.2 Å². The zero-order chi connectivity index (χ0) is 14.7. The van der Waals surface area contributed by atoms with Crippen LogP contribution in [0.1, 0.15) is 29.0 Å². The summed E-state index contributed by atoms with van der Waals surface area (Å²) in [7, 11) is 1.72. The molecule has 0 radical (unpaired) electrons. The van der Waals surface area contributed by atoms with E-state index in [4.69, 9.17) is 23.2 Å². The van der Waals surface area contributed by atoms with Crippen molar-refractivity contribution in [2.75, 3.05) is 7.05 Å². The molecule has 0 aliphatic rings. The van der Waals surface area contributed by atoms with Gasteiger partial charge in [0.25, 0.3) is 5.91 Å². The average Bonchev–Trinajstić information content (AvgIpc) is 2.45. The Bertz CT molecular complexity index is 631. The van der Waals surface area contributed by atoms with Crippen molar-refractivity contribution in [1.29, 1.82) is 0 Å². The Kier molecular flexibility index (Phi) is 4.63. The van der Waals surface area contributed by atoms with Gasteiger partial charge >= 0.3 is 0 Å². The summed E-state index contributed by atoms with van der Waals surface area (Å²) >= 11 is 12.0. The van der Waals surface area contributed by atoms with Crippen LogP contribution in [0.3, 0.4) is 0 Å². The van der Waals surface area contributed by atoms with E-state index in [0.29, 0.717) is 15.7 Å². The summed E-state index contributed by atoms with van der Waals surface area (Å²) in [4.78, 5) is 18.0. The maximum atomic E-state index is 12.4. The average molecular weight is 309 g/mol. The number of hydrogen-bond acceptors (Lipinski definition) is 2. The minimum atomic E-state index is -0.195. The van der Waals surface area contributed by atoms with E-state index in [1.165, 1.54) is 6.20 Å². The van der Waals surface area contributed by atoms with E-state index in [-0.39, 0.29) is 11.9 Å². The molecule has 0 aliphatic heterocycles. The molecule has 0 N–H and O–H groups in total. The van der Waals surface area contributed by atoms with Gasteiger partial charge in [-0.25, -0.2) is 0 Å². The first-order valence-corrected chi connectivity index (χ1v) is 6.89. The molecule has 1 heterocycles. The normalized spacial score (nSPS) is 12.0. The van der Waals surface area contributed by atoms with Crippen LogP contribution in [0.15, 0.2) is 42.6 Å². The second-order valence-corrected chi connectivity index (χ2v) is 5.32. The van der Waals surface area contributed by atoms with Crippen LogP contribution < -0.4 is 0 Å². The predicted molar refractivity (Wildman–Crippen MR) is 81.2 cm³/mol. The lowest BCUT2D eigenvalue weighted by molar-refractivity contribution is 0.0737. The van der Waals surface area contributed by atoms with Crippen LogP contribution in [0.2, 0.25) is 10.0 Å². The molecule has 1 aromatic carbocycles. The van der Waals surface area contributed by atoms with Crippen molar-refractivity contribution in [3.63, 3.8) is 0 Å². The van der Waals surface area contributed by atoms with E-state index in [0.717, 1.165) is 5.56 Å². The number of hydrogen-bond donors (Lipinski definition) is 0. The van der Waals surface area contributed by atoms with Crippen LogP contribution in [-0.4, -0.2) is 22.8 Å². The quantitative estimate of drug-likeness (QED) is 0.850. The number of carbonyl (C=O) groups excluding carboxylic acids is 1. The molecule has 0 bridgehead atoms. The number of carbonyl (C=O) groups is 1. The molecule has 1 atom stereocenters. The van der Waals surface area contributed by atoms with Crippen molar-refractivity contribution in [2.24, 2.45) is 0 Å². The van der Waals surface area contributed by atoms with Gasteiger partial charge in [0.05, 0.1) is 6.04 Å². The molecule has 2 rings (SSSR count). The van der Waals surface area contributed by atoms with Crippen molar-refractivity contribution in [1.82, 2.24) is 9.88 Å². The van der Waals surface area contributed by atoms with Gasteiger partial charge in [0.1, 0.15) is 5.69 Å². The van der Waals surface area contributed by atoms with Crippen LogP contribution in [0, 0.1) is 0 Å². The predicted octanol–water partition coefficient (Wildman–Crippen LogP) is 4.22. The minimum Gasteiger partial charge on any atom is -0.334 e. The third kappa shape index (κ3) is 3.11. The molecule has 104 valence electrons. The highest BCUT2D eigenvalue weighted by atomic mass is 35.5. The van der Waals surface area contributed by atoms with Gasteiger partial charge in [-0.1, -0.05) is 41.4 Å². The van der Waals surface area contributed by atoms with Crippen LogP contribution in [-0.2, 0) is 0 Å². The standard InChI is InChI=1S/C15H14Cl2N2O/c1-10(12-5-3-4-6-13(12)17)19(2)15(20)14-9-11(16)7-8-18-14/h3-10H,1-2H3. The topological polar surface area (TPSA) is 33.2 Å². The Balaban J connectivity index is 2.25. The minimum absolute atomic E-state index is 0.156. The number of halogens is 2. The van der Waals surface area contributed by atoms with E-state index < -0.39 is 0 Å². The van der Waals surface area contributed by atoms with Crippen molar-refractivity contribution < 1.29 is 4.79 Å². The van der Waals surface area contributed by atoms with Crippen molar-refractivity contribution in [3.8, 4) is 0 Å². The van der Waals surface area contributed by atoms with E-state index in [1.54, 1.807) is 24.1 Å². The van der Waals surface area contributed by atoms with Gasteiger partial charge in [-0.05, 0) is 30.7 Å². The number of nitrogens with zero attached hydrogens (tertiary/aromatic N) is 2. The molecular formula is C15H14Cl2N2O. The van der Waals surface area contributed by atoms with Gasteiger partial charge in [0.15, 0.2) is 0 Å². The molecular weight excluding hydrogens is 295 g/mol. The first kappa shape index (κ1) is 14.8. The van der Waals surface area contributed by atoms with E-state index in [9.17, 15) is 4.79 Å². The molecule has 1 aromatic heterocycles. The lowest BCUT2D eigenvalue weighted by Gasteiger charge is -2.25. The molecule has 5 heteroatoms. The zero-order valence-corrected chi connectivity index (χ0v) is 12.7. The Morgan fingerprint density at radius 3 is 2.60 bits per heavy atom. The number of rotatable bonds is 3. The zero-order valence-electron chi connectivity index (χ0n) is 11.2. The molecule has 0 saturated carbocycles. The Morgan fingerprint density at radius 2 is 1.95 bits per heavy atom. The summed E-state index contributed by atoms with van der Waals surface area (Å²) in [6.07, 6.45) is 1.52. The van der Waals surface area contributed by atoms with Gasteiger partial charge in [0, 0.05) is 23.3 Å². The number of amides is 1. The molecule has 1 amide bonds. The van der Waals surface area contributed by atoms with Gasteiger partial charge in [-0.2, -0.15) is 0 Å². The summed E-state index contributed by atoms with van der Waals surface area (Å²) in [6, 6.07) is 10.5. The Labute approximate surface area is 128 Å². The number of benzene rings is 1. The Hall–Kier alpha value is -1.58. The fraction of sp³-hybridized carbons (Fsp3) is 0.200. The number of aromatic nitrogens is 1. The van der Waals surface area contributed by atoms with Gasteiger partial charge in [-0.15, -0.1) is 0 Å². The molecule has 0 spiro atoms. The van der Waals surface area contributed by atoms with Crippen LogP contribution in [0.4, 0.5) is 0 Å². The number of pyridine rings is 1. The monoisotopic (exact) mass is 308 g/mol. The molecule has 20 heavy (non-hydrogen) atoms. The largest absolute Gasteiger partial charge is 0.334 e. The SMILES string of the molecule is CC(c1ccccc1Cl)N(C)C(=O)c1cc(Cl)ccn1. The fourth-order valence-electron chi connectivity index (χ4n) is 1.90. The maximum absolute atomic E-state index is 12.4. The highest BCUT2D eigenvalue weighted by molar-refractivity contribution is 6.31. The fourth-order valence-corrected chi connectivity index (χ4v) is 2.35. The lowest BCUT2D eigenvalue weighted by atomic mass is 10.1. The molecule has 1 unspecified atom stereocenters. The van der Waals surface area contributed by atoms with Crippen LogP contribution in [0.25, 0.3) is 0 Å². The van der Waals surface area contributed by atoms with E-state index >= 15 is 0 Å². The highest BCUT2D eigenvalue weighted by Gasteiger charge is 2.21. The van der Waals surface area contributed by atoms with Crippen molar-refractivity contribution in [2.45, 2.75) is 13.0 Å². The summed E-state index contributed by atoms with van der Waals surface area (Å²) in [5.74, 6) is -0.195. The smallest absolute Gasteiger partial charge is 0.272 e. The van der Waals surface area contributed by atoms with Crippen LogP contribution >= 0.6 is 23.2 Å². The van der Waals surface area contributed by atoms with Crippen molar-refractivity contribution >= 4 is 29.1 Å². The summed E-state index contributed by atoms with van der Waals surface area (Å²) in [5, 5.41) is 1.13.